The first kappa shape index (κ1) is 16.3. The molecule has 2 heterocycles. The lowest BCUT2D eigenvalue weighted by atomic mass is 10.2. The molecule has 0 saturated heterocycles. The number of nitrogens with one attached hydrogen (secondary N) is 1. The molecule has 0 radical (unpaired) electrons. The quantitative estimate of drug-likeness (QED) is 0.490. The zero-order chi connectivity index (χ0) is 18.8. The zero-order valence-corrected chi connectivity index (χ0v) is 15.0. The van der Waals surface area contributed by atoms with Crippen molar-refractivity contribution in [3.63, 3.8) is 0 Å². The van der Waals surface area contributed by atoms with Crippen LogP contribution in [0.15, 0.2) is 85.5 Å². The number of H-pyrrole nitrogens is 1. The van der Waals surface area contributed by atoms with Gasteiger partial charge in [0.05, 0.1) is 23.9 Å². The van der Waals surface area contributed by atoms with Gasteiger partial charge < -0.3 is 9.72 Å². The lowest BCUT2D eigenvalue weighted by Gasteiger charge is -2.06. The molecular formula is C22H17N5O. The maximum absolute atomic E-state index is 5.83. The molecule has 0 atom stereocenters. The molecule has 0 fully saturated rings. The third kappa shape index (κ3) is 3.35. The standard InChI is InChI=1S/C22H17N5O/c1-2-4-18(5-3-1)28-19-9-6-16(7-10-19)13-27-15-25-22(26-27)17-8-11-20-21(12-17)24-14-23-20/h1-12,14-15H,13H2,(H,23,24). The van der Waals surface area contributed by atoms with Crippen LogP contribution >= 0.6 is 0 Å². The van der Waals surface area contributed by atoms with E-state index >= 15 is 0 Å². The topological polar surface area (TPSA) is 68.6 Å². The van der Waals surface area contributed by atoms with Crippen molar-refractivity contribution in [2.45, 2.75) is 6.54 Å². The summed E-state index contributed by atoms with van der Waals surface area (Å²) in [5.41, 5.74) is 3.99. The van der Waals surface area contributed by atoms with E-state index in [-0.39, 0.29) is 0 Å². The summed E-state index contributed by atoms with van der Waals surface area (Å²) in [5.74, 6) is 2.33. The predicted molar refractivity (Wildman–Crippen MR) is 107 cm³/mol. The second kappa shape index (κ2) is 7.00. The molecule has 0 aliphatic carbocycles. The Balaban J connectivity index is 1.30. The van der Waals surface area contributed by atoms with Crippen LogP contribution < -0.4 is 4.74 Å². The molecule has 0 aliphatic rings. The minimum absolute atomic E-state index is 0.644. The van der Waals surface area contributed by atoms with Gasteiger partial charge in [0.15, 0.2) is 5.82 Å². The SMILES string of the molecule is c1ccc(Oc2ccc(Cn3cnc(-c4ccc5nc[nH]c5c4)n3)cc2)cc1. The molecule has 0 bridgehead atoms. The van der Waals surface area contributed by atoms with Crippen LogP contribution in [0.25, 0.3) is 22.4 Å². The molecular weight excluding hydrogens is 350 g/mol. The van der Waals surface area contributed by atoms with E-state index in [1.165, 1.54) is 0 Å². The van der Waals surface area contributed by atoms with Gasteiger partial charge >= 0.3 is 0 Å². The monoisotopic (exact) mass is 367 g/mol. The van der Waals surface area contributed by atoms with Crippen molar-refractivity contribution in [2.24, 2.45) is 0 Å². The highest BCUT2D eigenvalue weighted by Gasteiger charge is 2.07. The van der Waals surface area contributed by atoms with Gasteiger partial charge in [-0.2, -0.15) is 5.10 Å². The summed E-state index contributed by atoms with van der Waals surface area (Å²) in [6.07, 6.45) is 3.44. The Hall–Kier alpha value is -3.93. The van der Waals surface area contributed by atoms with E-state index in [1.54, 1.807) is 12.7 Å². The predicted octanol–water partition coefficient (Wildman–Crippen LogP) is 4.66. The highest BCUT2D eigenvalue weighted by molar-refractivity contribution is 5.79. The van der Waals surface area contributed by atoms with Gasteiger partial charge in [0.25, 0.3) is 0 Å². The second-order valence-electron chi connectivity index (χ2n) is 6.46. The Bertz CT molecular complexity index is 1210. The number of imidazole rings is 1. The van der Waals surface area contributed by atoms with Crippen LogP contribution in [-0.4, -0.2) is 24.7 Å². The number of benzene rings is 3. The fourth-order valence-corrected chi connectivity index (χ4v) is 3.05. The number of aromatic nitrogens is 5. The molecule has 6 heteroatoms. The summed E-state index contributed by atoms with van der Waals surface area (Å²) in [4.78, 5) is 11.8. The first-order valence-electron chi connectivity index (χ1n) is 8.98. The number of rotatable bonds is 5. The van der Waals surface area contributed by atoms with E-state index in [9.17, 15) is 0 Å². The molecule has 2 aromatic heterocycles. The van der Waals surface area contributed by atoms with Crippen molar-refractivity contribution in [1.82, 2.24) is 24.7 Å². The lowest BCUT2D eigenvalue weighted by molar-refractivity contribution is 0.482. The number of fused-ring (bicyclic) bond motifs is 1. The fraction of sp³-hybridized carbons (Fsp3) is 0.0455. The first-order valence-corrected chi connectivity index (χ1v) is 8.98. The van der Waals surface area contributed by atoms with Crippen molar-refractivity contribution < 1.29 is 4.74 Å². The van der Waals surface area contributed by atoms with Crippen LogP contribution in [0.3, 0.4) is 0 Å². The molecule has 136 valence electrons. The summed E-state index contributed by atoms with van der Waals surface area (Å²) in [7, 11) is 0. The Kier molecular flexibility index (Phi) is 4.06. The zero-order valence-electron chi connectivity index (χ0n) is 15.0. The number of hydrogen-bond acceptors (Lipinski definition) is 4. The number of aromatic amines is 1. The Morgan fingerprint density at radius 3 is 2.54 bits per heavy atom. The summed E-state index contributed by atoms with van der Waals surface area (Å²) >= 11 is 0. The molecule has 28 heavy (non-hydrogen) atoms. The largest absolute Gasteiger partial charge is 0.457 e. The van der Waals surface area contributed by atoms with Gasteiger partial charge in [-0.25, -0.2) is 14.6 Å². The Morgan fingerprint density at radius 1 is 0.857 bits per heavy atom. The minimum atomic E-state index is 0.644. The number of para-hydroxylation sites is 1. The van der Waals surface area contributed by atoms with Gasteiger partial charge in [-0.05, 0) is 48.0 Å². The molecule has 3 aromatic carbocycles. The van der Waals surface area contributed by atoms with Crippen molar-refractivity contribution in [2.75, 3.05) is 0 Å². The van der Waals surface area contributed by atoms with Crippen LogP contribution in [-0.2, 0) is 6.54 Å². The maximum atomic E-state index is 5.83. The van der Waals surface area contributed by atoms with Gasteiger partial charge in [0, 0.05) is 5.56 Å². The van der Waals surface area contributed by atoms with Crippen LogP contribution in [0.5, 0.6) is 11.5 Å². The van der Waals surface area contributed by atoms with Gasteiger partial charge in [-0.3, -0.25) is 0 Å². The third-order valence-corrected chi connectivity index (χ3v) is 4.46. The van der Waals surface area contributed by atoms with E-state index in [1.807, 2.05) is 77.5 Å². The molecule has 0 spiro atoms. The van der Waals surface area contributed by atoms with Gasteiger partial charge in [0.2, 0.25) is 0 Å². The van der Waals surface area contributed by atoms with Crippen molar-refractivity contribution in [1.29, 1.82) is 0 Å². The van der Waals surface area contributed by atoms with Crippen LogP contribution in [0.1, 0.15) is 5.56 Å². The second-order valence-corrected chi connectivity index (χ2v) is 6.46. The van der Waals surface area contributed by atoms with Gasteiger partial charge in [0.1, 0.15) is 17.8 Å². The summed E-state index contributed by atoms with van der Waals surface area (Å²) in [6, 6.07) is 23.7. The van der Waals surface area contributed by atoms with Crippen LogP contribution in [0.2, 0.25) is 0 Å². The minimum Gasteiger partial charge on any atom is -0.457 e. The van der Waals surface area contributed by atoms with E-state index < -0.39 is 0 Å². The summed E-state index contributed by atoms with van der Waals surface area (Å²) < 4.78 is 7.66. The molecule has 0 saturated carbocycles. The smallest absolute Gasteiger partial charge is 0.181 e. The third-order valence-electron chi connectivity index (χ3n) is 4.46. The molecule has 0 amide bonds. The normalized spacial score (nSPS) is 11.0. The molecule has 1 N–H and O–H groups in total. The van der Waals surface area contributed by atoms with Gasteiger partial charge in [-0.1, -0.05) is 30.3 Å². The van der Waals surface area contributed by atoms with Gasteiger partial charge in [-0.15, -0.1) is 0 Å². The summed E-state index contributed by atoms with van der Waals surface area (Å²) in [5, 5.41) is 4.60. The van der Waals surface area contributed by atoms with Crippen molar-refractivity contribution in [3.8, 4) is 22.9 Å². The number of nitrogens with zero attached hydrogens (tertiary/aromatic N) is 4. The molecule has 6 nitrogen and oxygen atoms in total. The Labute approximate surface area is 161 Å². The Morgan fingerprint density at radius 2 is 1.68 bits per heavy atom. The maximum Gasteiger partial charge on any atom is 0.181 e. The molecule has 0 aliphatic heterocycles. The fourth-order valence-electron chi connectivity index (χ4n) is 3.05. The average Bonchev–Trinajstić information content (AvgIpc) is 3.39. The van der Waals surface area contributed by atoms with Crippen molar-refractivity contribution >= 4 is 11.0 Å². The van der Waals surface area contributed by atoms with E-state index in [0.717, 1.165) is 33.7 Å². The summed E-state index contributed by atoms with van der Waals surface area (Å²) in [6.45, 7) is 0.644. The first-order chi connectivity index (χ1) is 13.8. The van der Waals surface area contributed by atoms with E-state index in [2.05, 4.69) is 20.1 Å². The molecule has 5 aromatic rings. The molecule has 5 rings (SSSR count). The van der Waals surface area contributed by atoms with E-state index in [4.69, 9.17) is 4.74 Å². The van der Waals surface area contributed by atoms with Crippen LogP contribution in [0, 0.1) is 0 Å². The molecule has 0 unspecified atom stereocenters. The van der Waals surface area contributed by atoms with E-state index in [0.29, 0.717) is 12.4 Å². The average molecular weight is 367 g/mol. The van der Waals surface area contributed by atoms with Crippen molar-refractivity contribution in [3.05, 3.63) is 91.0 Å². The lowest BCUT2D eigenvalue weighted by Crippen LogP contribution is -2.00. The number of hydrogen-bond donors (Lipinski definition) is 1. The van der Waals surface area contributed by atoms with Crippen LogP contribution in [0.4, 0.5) is 0 Å². The highest BCUT2D eigenvalue weighted by atomic mass is 16.5. The highest BCUT2D eigenvalue weighted by Crippen LogP contribution is 2.22. The number of ether oxygens (including phenoxy) is 1.